The van der Waals surface area contributed by atoms with Gasteiger partial charge in [0.2, 0.25) is 0 Å². The molecule has 19 heavy (non-hydrogen) atoms. The lowest BCUT2D eigenvalue weighted by Gasteiger charge is -2.20. The minimum atomic E-state index is 0.0618. The number of anilines is 1. The molecule has 1 fully saturated rings. The van der Waals surface area contributed by atoms with Gasteiger partial charge in [-0.15, -0.1) is 0 Å². The number of carbonyl (C=O) groups is 1. The maximum atomic E-state index is 12.0. The van der Waals surface area contributed by atoms with Crippen molar-refractivity contribution in [2.45, 2.75) is 38.8 Å². The van der Waals surface area contributed by atoms with E-state index in [-0.39, 0.29) is 12.1 Å². The second-order valence-corrected chi connectivity index (χ2v) is 5.20. The van der Waals surface area contributed by atoms with Gasteiger partial charge in [-0.25, -0.2) is 4.79 Å². The van der Waals surface area contributed by atoms with Crippen molar-refractivity contribution in [1.82, 2.24) is 10.2 Å². The van der Waals surface area contributed by atoms with Crippen molar-refractivity contribution in [2.75, 3.05) is 18.4 Å². The molecule has 0 radical (unpaired) electrons. The van der Waals surface area contributed by atoms with Gasteiger partial charge in [-0.2, -0.15) is 0 Å². The topological polar surface area (TPSA) is 44.4 Å². The van der Waals surface area contributed by atoms with Crippen molar-refractivity contribution in [3.63, 3.8) is 0 Å². The average Bonchev–Trinajstić information content (AvgIpc) is 2.88. The fourth-order valence-electron chi connectivity index (χ4n) is 2.24. The van der Waals surface area contributed by atoms with Gasteiger partial charge in [0.25, 0.3) is 0 Å². The fourth-order valence-corrected chi connectivity index (χ4v) is 2.24. The highest BCUT2D eigenvalue weighted by atomic mass is 16.2. The molecule has 1 aliphatic rings. The number of urea groups is 1. The highest BCUT2D eigenvalue weighted by Gasteiger charge is 2.26. The van der Waals surface area contributed by atoms with Gasteiger partial charge < -0.3 is 15.5 Å². The maximum absolute atomic E-state index is 12.0. The van der Waals surface area contributed by atoms with E-state index >= 15 is 0 Å². The van der Waals surface area contributed by atoms with Gasteiger partial charge in [0.05, 0.1) is 0 Å². The molecule has 4 heteroatoms. The molecule has 2 atom stereocenters. The lowest BCUT2D eigenvalue weighted by atomic mass is 10.2. The zero-order valence-electron chi connectivity index (χ0n) is 11.7. The van der Waals surface area contributed by atoms with Crippen LogP contribution in [-0.4, -0.2) is 36.1 Å². The first-order valence-electron chi connectivity index (χ1n) is 7.06. The molecular weight excluding hydrogens is 238 g/mol. The van der Waals surface area contributed by atoms with Gasteiger partial charge in [0.15, 0.2) is 0 Å². The summed E-state index contributed by atoms with van der Waals surface area (Å²) in [7, 11) is 0. The lowest BCUT2D eigenvalue weighted by molar-refractivity contribution is 0.204. The second-order valence-electron chi connectivity index (χ2n) is 5.20. The Balaban J connectivity index is 1.81. The van der Waals surface area contributed by atoms with Crippen LogP contribution >= 0.6 is 0 Å². The molecule has 0 bridgehead atoms. The van der Waals surface area contributed by atoms with Gasteiger partial charge in [-0.05, 0) is 31.9 Å². The Bertz CT molecular complexity index is 407. The summed E-state index contributed by atoms with van der Waals surface area (Å²) in [6, 6.07) is 10.8. The molecule has 4 nitrogen and oxygen atoms in total. The SMILES string of the molecule is CC[C@@H](C)NC(=O)N1CC[C@H](Nc2ccccc2)C1. The van der Waals surface area contributed by atoms with E-state index in [9.17, 15) is 4.79 Å². The normalized spacial score (nSPS) is 20.1. The van der Waals surface area contributed by atoms with Crippen LogP contribution in [0.1, 0.15) is 26.7 Å². The number of hydrogen-bond donors (Lipinski definition) is 2. The van der Waals surface area contributed by atoms with Crippen LogP contribution in [0.3, 0.4) is 0 Å². The van der Waals surface area contributed by atoms with Crippen LogP contribution in [0.5, 0.6) is 0 Å². The van der Waals surface area contributed by atoms with E-state index in [0.717, 1.165) is 31.6 Å². The molecular formula is C15H23N3O. The van der Waals surface area contributed by atoms with Crippen LogP contribution in [-0.2, 0) is 0 Å². The van der Waals surface area contributed by atoms with E-state index in [0.29, 0.717) is 6.04 Å². The monoisotopic (exact) mass is 261 g/mol. The minimum absolute atomic E-state index is 0.0618. The predicted molar refractivity (Wildman–Crippen MR) is 78.3 cm³/mol. The Morgan fingerprint density at radius 3 is 2.84 bits per heavy atom. The molecule has 0 unspecified atom stereocenters. The van der Waals surface area contributed by atoms with Crippen molar-refractivity contribution in [3.8, 4) is 0 Å². The number of rotatable bonds is 4. The third kappa shape index (κ3) is 3.88. The first-order chi connectivity index (χ1) is 9.19. The van der Waals surface area contributed by atoms with Gasteiger partial charge in [0.1, 0.15) is 0 Å². The summed E-state index contributed by atoms with van der Waals surface area (Å²) in [6.07, 6.45) is 1.97. The summed E-state index contributed by atoms with van der Waals surface area (Å²) in [5, 5.41) is 6.49. The zero-order chi connectivity index (χ0) is 13.7. The first-order valence-corrected chi connectivity index (χ1v) is 7.06. The number of nitrogens with zero attached hydrogens (tertiary/aromatic N) is 1. The molecule has 1 heterocycles. The van der Waals surface area contributed by atoms with Crippen molar-refractivity contribution in [2.24, 2.45) is 0 Å². The van der Waals surface area contributed by atoms with Crippen molar-refractivity contribution in [3.05, 3.63) is 30.3 Å². The Hall–Kier alpha value is -1.71. The fraction of sp³-hybridized carbons (Fsp3) is 0.533. The van der Waals surface area contributed by atoms with Crippen molar-refractivity contribution < 1.29 is 4.79 Å². The van der Waals surface area contributed by atoms with Crippen LogP contribution in [0.15, 0.2) is 30.3 Å². The summed E-state index contributed by atoms with van der Waals surface area (Å²) >= 11 is 0. The van der Waals surface area contributed by atoms with Crippen LogP contribution in [0, 0.1) is 0 Å². The molecule has 2 amide bonds. The molecule has 0 aliphatic carbocycles. The third-order valence-electron chi connectivity index (χ3n) is 3.60. The predicted octanol–water partition coefficient (Wildman–Crippen LogP) is 2.68. The molecule has 0 spiro atoms. The second kappa shape index (κ2) is 6.45. The van der Waals surface area contributed by atoms with Crippen molar-refractivity contribution >= 4 is 11.7 Å². The smallest absolute Gasteiger partial charge is 0.317 e. The number of likely N-dealkylation sites (tertiary alicyclic amines) is 1. The molecule has 1 aromatic carbocycles. The molecule has 1 aliphatic heterocycles. The van der Waals surface area contributed by atoms with Gasteiger partial charge >= 0.3 is 6.03 Å². The van der Waals surface area contributed by atoms with Crippen LogP contribution in [0.4, 0.5) is 10.5 Å². The van der Waals surface area contributed by atoms with Crippen LogP contribution in [0.25, 0.3) is 0 Å². The van der Waals surface area contributed by atoms with Crippen molar-refractivity contribution in [1.29, 1.82) is 0 Å². The maximum Gasteiger partial charge on any atom is 0.317 e. The van der Waals surface area contributed by atoms with Gasteiger partial charge in [0, 0.05) is 30.9 Å². The first kappa shape index (κ1) is 13.7. The Kier molecular flexibility index (Phi) is 4.66. The Labute approximate surface area is 115 Å². The average molecular weight is 261 g/mol. The Morgan fingerprint density at radius 2 is 2.16 bits per heavy atom. The summed E-state index contributed by atoms with van der Waals surface area (Å²) in [6.45, 7) is 5.71. The highest BCUT2D eigenvalue weighted by molar-refractivity contribution is 5.75. The number of hydrogen-bond acceptors (Lipinski definition) is 2. The standard InChI is InChI=1S/C15H23N3O/c1-3-12(2)16-15(19)18-10-9-14(11-18)17-13-7-5-4-6-8-13/h4-8,12,14,17H,3,9-11H2,1-2H3,(H,16,19)/t12-,14+/m1/s1. The minimum Gasteiger partial charge on any atom is -0.380 e. The summed E-state index contributed by atoms with van der Waals surface area (Å²) < 4.78 is 0. The van der Waals surface area contributed by atoms with E-state index in [1.54, 1.807) is 0 Å². The largest absolute Gasteiger partial charge is 0.380 e. The number of para-hydroxylation sites is 1. The third-order valence-corrected chi connectivity index (χ3v) is 3.60. The van der Waals surface area contributed by atoms with E-state index in [2.05, 4.69) is 29.7 Å². The highest BCUT2D eigenvalue weighted by Crippen LogP contribution is 2.15. The van der Waals surface area contributed by atoms with Gasteiger partial charge in [-0.3, -0.25) is 0 Å². The van der Waals surface area contributed by atoms with Crippen LogP contribution in [0.2, 0.25) is 0 Å². The van der Waals surface area contributed by atoms with E-state index in [1.807, 2.05) is 30.0 Å². The molecule has 0 saturated carbocycles. The summed E-state index contributed by atoms with van der Waals surface area (Å²) in [5.41, 5.74) is 1.12. The van der Waals surface area contributed by atoms with Crippen LogP contribution < -0.4 is 10.6 Å². The molecule has 104 valence electrons. The van der Waals surface area contributed by atoms with Gasteiger partial charge in [-0.1, -0.05) is 25.1 Å². The zero-order valence-corrected chi connectivity index (χ0v) is 11.7. The molecule has 0 aromatic heterocycles. The number of amides is 2. The van der Waals surface area contributed by atoms with E-state index in [1.165, 1.54) is 0 Å². The summed E-state index contributed by atoms with van der Waals surface area (Å²) in [5.74, 6) is 0. The molecule has 1 aromatic rings. The number of carbonyl (C=O) groups excluding carboxylic acids is 1. The lowest BCUT2D eigenvalue weighted by Crippen LogP contribution is -2.43. The van der Waals surface area contributed by atoms with E-state index < -0.39 is 0 Å². The Morgan fingerprint density at radius 1 is 1.42 bits per heavy atom. The molecule has 2 N–H and O–H groups in total. The number of benzene rings is 1. The molecule has 1 saturated heterocycles. The molecule has 2 rings (SSSR count). The quantitative estimate of drug-likeness (QED) is 0.875. The van der Waals surface area contributed by atoms with E-state index in [4.69, 9.17) is 0 Å². The summed E-state index contributed by atoms with van der Waals surface area (Å²) in [4.78, 5) is 13.9. The number of nitrogens with one attached hydrogen (secondary N) is 2.